The van der Waals surface area contributed by atoms with Crippen LogP contribution in [0.1, 0.15) is 60.0 Å². The summed E-state index contributed by atoms with van der Waals surface area (Å²) in [6.07, 6.45) is 0. The van der Waals surface area contributed by atoms with Crippen LogP contribution in [0.15, 0.2) is 97.1 Å². The fourth-order valence-electron chi connectivity index (χ4n) is 6.23. The minimum atomic E-state index is -0.591. The van der Waals surface area contributed by atoms with Gasteiger partial charge in [0.1, 0.15) is 0 Å². The van der Waals surface area contributed by atoms with Gasteiger partial charge >= 0.3 is 0 Å². The summed E-state index contributed by atoms with van der Waals surface area (Å²) in [5.74, 6) is -0.247. The predicted molar refractivity (Wildman–Crippen MR) is 122 cm³/mol. The van der Waals surface area contributed by atoms with Crippen molar-refractivity contribution in [1.29, 1.82) is 0 Å². The van der Waals surface area contributed by atoms with E-state index in [4.69, 9.17) is 0 Å². The average molecular weight is 413 g/mol. The summed E-state index contributed by atoms with van der Waals surface area (Å²) in [7, 11) is 0. The van der Waals surface area contributed by atoms with Gasteiger partial charge in [0.15, 0.2) is 0 Å². The molecule has 4 aromatic carbocycles. The van der Waals surface area contributed by atoms with E-state index in [0.717, 1.165) is 0 Å². The van der Waals surface area contributed by atoms with Crippen molar-refractivity contribution in [2.75, 3.05) is 6.54 Å². The second kappa shape index (κ2) is 6.04. The zero-order valence-electron chi connectivity index (χ0n) is 17.3. The Labute approximate surface area is 185 Å². The van der Waals surface area contributed by atoms with Crippen LogP contribution in [0.5, 0.6) is 0 Å². The highest BCUT2D eigenvalue weighted by Gasteiger charge is 2.54. The maximum atomic E-state index is 13.4. The topological polar surface area (TPSA) is 37.4 Å². The molecule has 0 N–H and O–H groups in total. The molecule has 152 valence electrons. The highest BCUT2D eigenvalue weighted by atomic mass is 16.2. The van der Waals surface area contributed by atoms with Gasteiger partial charge in [0.25, 0.3) is 11.8 Å². The third-order valence-electron chi connectivity index (χ3n) is 7.47. The molecule has 0 saturated carbocycles. The summed E-state index contributed by atoms with van der Waals surface area (Å²) in [6.45, 7) is 0.289. The molecule has 0 spiro atoms. The fourth-order valence-corrected chi connectivity index (χ4v) is 6.23. The molecule has 3 aliphatic carbocycles. The summed E-state index contributed by atoms with van der Waals surface area (Å²) < 4.78 is 0. The summed E-state index contributed by atoms with van der Waals surface area (Å²) in [4.78, 5) is 28.2. The first-order valence-corrected chi connectivity index (χ1v) is 11.0. The zero-order valence-corrected chi connectivity index (χ0v) is 17.3. The summed E-state index contributed by atoms with van der Waals surface area (Å²) in [6, 6.07) is 32.7. The van der Waals surface area contributed by atoms with Gasteiger partial charge in [0.05, 0.1) is 16.5 Å². The molecule has 2 bridgehead atoms. The lowest BCUT2D eigenvalue weighted by atomic mass is 9.53. The average Bonchev–Trinajstić information content (AvgIpc) is 3.09. The van der Waals surface area contributed by atoms with Crippen molar-refractivity contribution in [1.82, 2.24) is 4.90 Å². The Morgan fingerprint density at radius 1 is 0.562 bits per heavy atom. The Hall–Kier alpha value is -3.98. The smallest absolute Gasteiger partial charge is 0.261 e. The second-order valence-corrected chi connectivity index (χ2v) is 8.84. The molecule has 0 saturated heterocycles. The number of hydrogen-bond acceptors (Lipinski definition) is 2. The Morgan fingerprint density at radius 3 is 1.38 bits per heavy atom. The number of fused-ring (bicyclic) bond motifs is 1. The van der Waals surface area contributed by atoms with Crippen molar-refractivity contribution in [3.8, 4) is 0 Å². The Kier molecular flexibility index (Phi) is 3.34. The number of amides is 2. The van der Waals surface area contributed by atoms with Crippen molar-refractivity contribution >= 4 is 11.8 Å². The van der Waals surface area contributed by atoms with Crippen LogP contribution < -0.4 is 0 Å². The minimum absolute atomic E-state index is 0.169. The fraction of sp³-hybridized carbons (Fsp3) is 0.103. The number of imide groups is 1. The highest BCUT2D eigenvalue weighted by Crippen LogP contribution is 2.59. The molecular formula is C29H19NO2. The molecule has 32 heavy (non-hydrogen) atoms. The van der Waals surface area contributed by atoms with E-state index in [1.165, 1.54) is 38.3 Å². The van der Waals surface area contributed by atoms with Gasteiger partial charge in [0, 0.05) is 12.5 Å². The van der Waals surface area contributed by atoms with Crippen molar-refractivity contribution in [3.05, 3.63) is 142 Å². The molecule has 1 heterocycles. The predicted octanol–water partition coefficient (Wildman–Crippen LogP) is 5.12. The minimum Gasteiger partial charge on any atom is -0.273 e. The molecule has 4 aromatic rings. The van der Waals surface area contributed by atoms with Crippen LogP contribution in [-0.2, 0) is 5.41 Å². The van der Waals surface area contributed by atoms with E-state index in [0.29, 0.717) is 11.1 Å². The van der Waals surface area contributed by atoms with Crippen molar-refractivity contribution in [3.63, 3.8) is 0 Å². The van der Waals surface area contributed by atoms with E-state index in [1.54, 1.807) is 12.1 Å². The van der Waals surface area contributed by atoms with Crippen LogP contribution in [0.4, 0.5) is 0 Å². The molecule has 8 rings (SSSR count). The summed E-state index contributed by atoms with van der Waals surface area (Å²) >= 11 is 0. The van der Waals surface area contributed by atoms with E-state index in [-0.39, 0.29) is 24.3 Å². The van der Waals surface area contributed by atoms with Crippen LogP contribution >= 0.6 is 0 Å². The monoisotopic (exact) mass is 413 g/mol. The molecule has 3 heteroatoms. The van der Waals surface area contributed by atoms with Crippen molar-refractivity contribution < 1.29 is 9.59 Å². The summed E-state index contributed by atoms with van der Waals surface area (Å²) in [5.41, 5.74) is 7.77. The first-order valence-electron chi connectivity index (χ1n) is 11.0. The largest absolute Gasteiger partial charge is 0.273 e. The van der Waals surface area contributed by atoms with E-state index >= 15 is 0 Å². The Morgan fingerprint density at radius 2 is 0.938 bits per heavy atom. The van der Waals surface area contributed by atoms with Gasteiger partial charge in [-0.05, 0) is 45.5 Å². The van der Waals surface area contributed by atoms with Crippen LogP contribution in [0, 0.1) is 0 Å². The quantitative estimate of drug-likeness (QED) is 0.428. The van der Waals surface area contributed by atoms with E-state index in [2.05, 4.69) is 72.8 Å². The van der Waals surface area contributed by atoms with Gasteiger partial charge in [-0.25, -0.2) is 0 Å². The van der Waals surface area contributed by atoms with Gasteiger partial charge < -0.3 is 0 Å². The zero-order chi connectivity index (χ0) is 21.4. The maximum Gasteiger partial charge on any atom is 0.261 e. The number of carbonyl (C=O) groups is 2. The van der Waals surface area contributed by atoms with Crippen molar-refractivity contribution in [2.24, 2.45) is 0 Å². The van der Waals surface area contributed by atoms with Gasteiger partial charge in [-0.2, -0.15) is 0 Å². The summed E-state index contributed by atoms with van der Waals surface area (Å²) in [5, 5.41) is 0. The lowest BCUT2D eigenvalue weighted by Crippen LogP contribution is -2.51. The van der Waals surface area contributed by atoms with Crippen LogP contribution in [0.2, 0.25) is 0 Å². The SMILES string of the molecule is O=C1c2ccccc2C(=O)N1CC12c3ccccc3C(c3ccccc31)c1ccccc12. The number of carbonyl (C=O) groups excluding carboxylic acids is 2. The molecule has 0 atom stereocenters. The van der Waals surface area contributed by atoms with E-state index in [9.17, 15) is 9.59 Å². The molecule has 1 aliphatic heterocycles. The standard InChI is InChI=1S/C29H19NO2/c31-27-18-9-1-2-10-19(18)28(32)30(27)17-29-23-14-6-3-11-20(23)26(21-12-4-7-15-24(21)29)22-13-5-8-16-25(22)29/h1-16,26H,17H2. The molecule has 0 aromatic heterocycles. The second-order valence-electron chi connectivity index (χ2n) is 8.84. The number of rotatable bonds is 2. The lowest BCUT2D eigenvalue weighted by Gasteiger charge is -2.51. The Balaban J connectivity index is 1.52. The molecule has 2 amide bonds. The molecule has 0 fully saturated rings. The maximum absolute atomic E-state index is 13.4. The van der Waals surface area contributed by atoms with Crippen LogP contribution in [0.25, 0.3) is 0 Å². The first kappa shape index (κ1) is 17.7. The molecule has 3 nitrogen and oxygen atoms in total. The third-order valence-corrected chi connectivity index (χ3v) is 7.47. The molecule has 4 aliphatic rings. The number of benzene rings is 4. The Bertz CT molecular complexity index is 1320. The number of nitrogens with zero attached hydrogens (tertiary/aromatic N) is 1. The van der Waals surface area contributed by atoms with E-state index < -0.39 is 5.41 Å². The van der Waals surface area contributed by atoms with Gasteiger partial charge in [-0.3, -0.25) is 14.5 Å². The molecular weight excluding hydrogens is 394 g/mol. The normalized spacial score (nSPS) is 21.8. The molecule has 0 radical (unpaired) electrons. The van der Waals surface area contributed by atoms with E-state index in [1.807, 2.05) is 12.1 Å². The van der Waals surface area contributed by atoms with Crippen LogP contribution in [-0.4, -0.2) is 23.3 Å². The van der Waals surface area contributed by atoms with Crippen molar-refractivity contribution in [2.45, 2.75) is 11.3 Å². The van der Waals surface area contributed by atoms with Gasteiger partial charge in [0.2, 0.25) is 0 Å². The first-order chi connectivity index (χ1) is 15.7. The molecule has 0 unspecified atom stereocenters. The van der Waals surface area contributed by atoms with Gasteiger partial charge in [-0.1, -0.05) is 84.9 Å². The highest BCUT2D eigenvalue weighted by molar-refractivity contribution is 6.21. The number of hydrogen-bond donors (Lipinski definition) is 0. The third kappa shape index (κ3) is 1.97. The van der Waals surface area contributed by atoms with Crippen LogP contribution in [0.3, 0.4) is 0 Å². The lowest BCUT2D eigenvalue weighted by molar-refractivity contribution is 0.0632. The van der Waals surface area contributed by atoms with Gasteiger partial charge in [-0.15, -0.1) is 0 Å².